The van der Waals surface area contributed by atoms with Crippen molar-refractivity contribution in [2.45, 2.75) is 57.1 Å². The van der Waals surface area contributed by atoms with Gasteiger partial charge in [0.05, 0.1) is 6.10 Å². The molecule has 1 amide bonds. The number of aliphatic hydroxyl groups is 1. The summed E-state index contributed by atoms with van der Waals surface area (Å²) in [7, 11) is 0. The molecule has 27 heavy (non-hydrogen) atoms. The molecular formula is C21H26N4O2. The van der Waals surface area contributed by atoms with Crippen LogP contribution in [-0.4, -0.2) is 33.1 Å². The number of amides is 1. The number of anilines is 1. The predicted molar refractivity (Wildman–Crippen MR) is 103 cm³/mol. The monoisotopic (exact) mass is 366 g/mol. The zero-order chi connectivity index (χ0) is 18.8. The summed E-state index contributed by atoms with van der Waals surface area (Å²) in [6.07, 6.45) is 5.72. The lowest BCUT2D eigenvalue weighted by Crippen LogP contribution is -2.48. The molecule has 1 saturated carbocycles. The summed E-state index contributed by atoms with van der Waals surface area (Å²) >= 11 is 0. The molecule has 0 aliphatic heterocycles. The molecule has 2 aliphatic carbocycles. The van der Waals surface area contributed by atoms with Gasteiger partial charge in [0.1, 0.15) is 5.69 Å². The number of aromatic nitrogens is 2. The molecule has 0 unspecified atom stereocenters. The molecule has 0 saturated heterocycles. The number of nitrogens with one attached hydrogen (secondary N) is 1. The van der Waals surface area contributed by atoms with E-state index in [1.807, 2.05) is 18.2 Å². The number of fused-ring (bicyclic) bond motifs is 1. The van der Waals surface area contributed by atoms with Gasteiger partial charge in [0.15, 0.2) is 0 Å². The summed E-state index contributed by atoms with van der Waals surface area (Å²) < 4.78 is 0. The number of carbonyl (C=O) groups excluding carboxylic acids is 1. The number of hydrogen-bond acceptors (Lipinski definition) is 5. The fourth-order valence-corrected chi connectivity index (χ4v) is 4.20. The zero-order valence-corrected chi connectivity index (χ0v) is 15.4. The Hall–Kier alpha value is -2.47. The van der Waals surface area contributed by atoms with Crippen molar-refractivity contribution in [2.75, 3.05) is 5.73 Å². The maximum atomic E-state index is 13.1. The van der Waals surface area contributed by atoms with Gasteiger partial charge in [-0.2, -0.15) is 0 Å². The molecule has 1 aromatic heterocycles. The van der Waals surface area contributed by atoms with E-state index < -0.39 is 0 Å². The fourth-order valence-electron chi connectivity index (χ4n) is 4.20. The highest BCUT2D eigenvalue weighted by atomic mass is 16.3. The van der Waals surface area contributed by atoms with Gasteiger partial charge in [-0.05, 0) is 56.4 Å². The first-order chi connectivity index (χ1) is 13.1. The van der Waals surface area contributed by atoms with Crippen molar-refractivity contribution in [1.82, 2.24) is 15.3 Å². The maximum Gasteiger partial charge on any atom is 0.270 e. The predicted octanol–water partition coefficient (Wildman–Crippen LogP) is 2.05. The van der Waals surface area contributed by atoms with Crippen LogP contribution in [0, 0.1) is 5.92 Å². The summed E-state index contributed by atoms with van der Waals surface area (Å²) in [5.41, 5.74) is 9.31. The van der Waals surface area contributed by atoms with E-state index in [0.29, 0.717) is 5.69 Å². The second-order valence-corrected chi connectivity index (χ2v) is 7.72. The Balaban J connectivity index is 1.56. The summed E-state index contributed by atoms with van der Waals surface area (Å²) in [5, 5.41) is 12.9. The van der Waals surface area contributed by atoms with E-state index in [2.05, 4.69) is 27.4 Å². The van der Waals surface area contributed by atoms with Crippen molar-refractivity contribution in [3.8, 4) is 0 Å². The lowest BCUT2D eigenvalue weighted by molar-refractivity contribution is 0.0238. The van der Waals surface area contributed by atoms with Crippen LogP contribution in [0.1, 0.15) is 53.0 Å². The van der Waals surface area contributed by atoms with Gasteiger partial charge >= 0.3 is 0 Å². The van der Waals surface area contributed by atoms with Crippen LogP contribution in [0.25, 0.3) is 0 Å². The molecule has 1 heterocycles. The zero-order valence-electron chi connectivity index (χ0n) is 15.4. The number of carbonyl (C=O) groups is 1. The number of benzene rings is 1. The van der Waals surface area contributed by atoms with E-state index >= 15 is 0 Å². The Kier molecular flexibility index (Phi) is 5.07. The Morgan fingerprint density at radius 1 is 1.19 bits per heavy atom. The van der Waals surface area contributed by atoms with Crippen molar-refractivity contribution < 1.29 is 9.90 Å². The second-order valence-electron chi connectivity index (χ2n) is 7.72. The van der Waals surface area contributed by atoms with E-state index in [4.69, 9.17) is 5.73 Å². The average molecular weight is 366 g/mol. The normalized spacial score (nSPS) is 22.4. The molecule has 6 nitrogen and oxygen atoms in total. The van der Waals surface area contributed by atoms with Gasteiger partial charge in [0.25, 0.3) is 5.91 Å². The quantitative estimate of drug-likeness (QED) is 0.752. The lowest BCUT2D eigenvalue weighted by Gasteiger charge is -2.38. The van der Waals surface area contributed by atoms with Crippen molar-refractivity contribution >= 4 is 11.9 Å². The highest BCUT2D eigenvalue weighted by Crippen LogP contribution is 2.32. The van der Waals surface area contributed by atoms with Crippen LogP contribution >= 0.6 is 0 Å². The summed E-state index contributed by atoms with van der Waals surface area (Å²) in [6, 6.07) is 10.1. The van der Waals surface area contributed by atoms with Crippen molar-refractivity contribution in [3.63, 3.8) is 0 Å². The van der Waals surface area contributed by atoms with Gasteiger partial charge in [-0.15, -0.1) is 0 Å². The number of rotatable bonds is 5. The first-order valence-corrected chi connectivity index (χ1v) is 9.78. The molecule has 0 bridgehead atoms. The molecule has 1 aromatic carbocycles. The molecular weight excluding hydrogens is 340 g/mol. The summed E-state index contributed by atoms with van der Waals surface area (Å²) in [6.45, 7) is 0. The van der Waals surface area contributed by atoms with Crippen molar-refractivity contribution in [3.05, 3.63) is 52.8 Å². The number of nitrogens with two attached hydrogens (primary N) is 1. The van der Waals surface area contributed by atoms with Gasteiger partial charge in [-0.3, -0.25) is 4.79 Å². The van der Waals surface area contributed by atoms with Crippen LogP contribution in [0.5, 0.6) is 0 Å². The van der Waals surface area contributed by atoms with Crippen LogP contribution in [0.4, 0.5) is 5.95 Å². The van der Waals surface area contributed by atoms with Gasteiger partial charge in [0, 0.05) is 17.3 Å². The third kappa shape index (κ3) is 3.95. The number of aliphatic hydroxyl groups excluding tert-OH is 1. The van der Waals surface area contributed by atoms with Gasteiger partial charge in [-0.25, -0.2) is 9.97 Å². The molecule has 2 aliphatic rings. The van der Waals surface area contributed by atoms with E-state index in [9.17, 15) is 9.90 Å². The Bertz CT molecular complexity index is 818. The van der Waals surface area contributed by atoms with Gasteiger partial charge in [0.2, 0.25) is 5.95 Å². The second kappa shape index (κ2) is 7.64. The minimum atomic E-state index is -0.257. The molecule has 0 radical (unpaired) electrons. The van der Waals surface area contributed by atoms with Gasteiger partial charge < -0.3 is 16.2 Å². The smallest absolute Gasteiger partial charge is 0.270 e. The molecule has 2 aromatic rings. The molecule has 6 heteroatoms. The maximum absolute atomic E-state index is 13.1. The minimum absolute atomic E-state index is 0.0290. The van der Waals surface area contributed by atoms with Gasteiger partial charge in [-0.1, -0.05) is 30.3 Å². The Morgan fingerprint density at radius 3 is 2.67 bits per heavy atom. The first-order valence-electron chi connectivity index (χ1n) is 9.78. The van der Waals surface area contributed by atoms with Crippen molar-refractivity contribution in [2.24, 2.45) is 5.92 Å². The summed E-state index contributed by atoms with van der Waals surface area (Å²) in [5.74, 6) is 0.267. The van der Waals surface area contributed by atoms with Crippen LogP contribution in [0.15, 0.2) is 30.3 Å². The molecule has 0 spiro atoms. The first kappa shape index (κ1) is 17.9. The van der Waals surface area contributed by atoms with E-state index in [0.717, 1.165) is 56.2 Å². The SMILES string of the molecule is Nc1nc2c(c(C(=O)N[C@H](Cc3ccccc3)C3CC(O)C3)n1)CCCC2. The van der Waals surface area contributed by atoms with Crippen LogP contribution in [-0.2, 0) is 19.3 Å². The number of aryl methyl sites for hydroxylation is 1. The number of nitrogen functional groups attached to an aromatic ring is 1. The third-order valence-electron chi connectivity index (χ3n) is 5.75. The molecule has 4 N–H and O–H groups in total. The standard InChI is InChI=1S/C21H26N4O2/c22-21-24-17-9-5-4-8-16(17)19(25-21)20(27)23-18(14-11-15(26)12-14)10-13-6-2-1-3-7-13/h1-3,6-7,14-15,18,26H,4-5,8-12H2,(H,23,27)(H2,22,24,25)/t14?,15?,18-/m1/s1. The molecule has 1 atom stereocenters. The fraction of sp³-hybridized carbons (Fsp3) is 0.476. The lowest BCUT2D eigenvalue weighted by atomic mass is 9.75. The third-order valence-corrected chi connectivity index (χ3v) is 5.75. The van der Waals surface area contributed by atoms with E-state index in [-0.39, 0.29) is 29.9 Å². The van der Waals surface area contributed by atoms with Crippen LogP contribution in [0.3, 0.4) is 0 Å². The van der Waals surface area contributed by atoms with Crippen LogP contribution < -0.4 is 11.1 Å². The molecule has 142 valence electrons. The highest BCUT2D eigenvalue weighted by molar-refractivity contribution is 5.94. The Labute approximate surface area is 159 Å². The topological polar surface area (TPSA) is 101 Å². The molecule has 1 fully saturated rings. The van der Waals surface area contributed by atoms with E-state index in [1.165, 1.54) is 5.56 Å². The number of hydrogen-bond donors (Lipinski definition) is 3. The Morgan fingerprint density at radius 2 is 1.93 bits per heavy atom. The average Bonchev–Trinajstić information content (AvgIpc) is 2.65. The summed E-state index contributed by atoms with van der Waals surface area (Å²) in [4.78, 5) is 21.7. The largest absolute Gasteiger partial charge is 0.393 e. The van der Waals surface area contributed by atoms with Crippen LogP contribution in [0.2, 0.25) is 0 Å². The van der Waals surface area contributed by atoms with E-state index in [1.54, 1.807) is 0 Å². The number of nitrogens with zero attached hydrogens (tertiary/aromatic N) is 2. The highest BCUT2D eigenvalue weighted by Gasteiger charge is 2.35. The minimum Gasteiger partial charge on any atom is -0.393 e. The molecule has 4 rings (SSSR count). The van der Waals surface area contributed by atoms with Crippen molar-refractivity contribution in [1.29, 1.82) is 0 Å².